The van der Waals surface area contributed by atoms with E-state index >= 15 is 0 Å². The lowest BCUT2D eigenvalue weighted by molar-refractivity contribution is 0.0989. The normalized spacial score (nSPS) is 14.4. The fourth-order valence-electron chi connectivity index (χ4n) is 3.95. The second-order valence-corrected chi connectivity index (χ2v) is 9.17. The number of ether oxygens (including phenoxy) is 1. The lowest BCUT2D eigenvalue weighted by Crippen LogP contribution is -2.33. The lowest BCUT2D eigenvalue weighted by atomic mass is 10.2. The molecular formula is C25H31FN6O2S. The van der Waals surface area contributed by atoms with E-state index in [4.69, 9.17) is 4.74 Å². The second kappa shape index (κ2) is 11.9. The Kier molecular flexibility index (Phi) is 8.49. The highest BCUT2D eigenvalue weighted by molar-refractivity contribution is 7.10. The van der Waals surface area contributed by atoms with Gasteiger partial charge < -0.3 is 25.2 Å². The summed E-state index contributed by atoms with van der Waals surface area (Å²) < 4.78 is 18.8. The zero-order chi connectivity index (χ0) is 24.6. The molecule has 10 heteroatoms. The number of nitrogens with one attached hydrogen (secondary N) is 2. The third kappa shape index (κ3) is 6.07. The largest absolute Gasteiger partial charge is 0.485 e. The standard InChI is InChI=1S/C25H31FN6O2S/c1-3-28-25-29-17-20-23(30-25)31(2)13-14-32(24(20)33)18-6-4-7-19(16-18)34-21(9-11-27-12-10-26)22-8-5-15-35-22/h4-8,15-17,21,27H,3,9-14H2,1-2H3,(H,28,29,30). The monoisotopic (exact) mass is 498 g/mol. The lowest BCUT2D eigenvalue weighted by Gasteiger charge is -2.23. The summed E-state index contributed by atoms with van der Waals surface area (Å²) in [7, 11) is 1.93. The predicted octanol–water partition coefficient (Wildman–Crippen LogP) is 4.14. The van der Waals surface area contributed by atoms with Gasteiger partial charge in [-0.15, -0.1) is 11.3 Å². The Morgan fingerprint density at radius 1 is 1.23 bits per heavy atom. The van der Waals surface area contributed by atoms with E-state index in [2.05, 4.69) is 20.6 Å². The van der Waals surface area contributed by atoms with Crippen LogP contribution in [0.25, 0.3) is 0 Å². The quantitative estimate of drug-likeness (QED) is 0.385. The number of nitrogens with zero attached hydrogens (tertiary/aromatic N) is 4. The average molecular weight is 499 g/mol. The molecule has 35 heavy (non-hydrogen) atoms. The van der Waals surface area contributed by atoms with E-state index in [1.54, 1.807) is 22.4 Å². The number of benzene rings is 1. The van der Waals surface area contributed by atoms with Crippen LogP contribution in [0.15, 0.2) is 48.0 Å². The fraction of sp³-hybridized carbons (Fsp3) is 0.400. The van der Waals surface area contributed by atoms with Crippen LogP contribution >= 0.6 is 11.3 Å². The topological polar surface area (TPSA) is 82.6 Å². The molecule has 1 aromatic carbocycles. The van der Waals surface area contributed by atoms with Crippen molar-refractivity contribution >= 4 is 34.7 Å². The molecule has 0 saturated carbocycles. The van der Waals surface area contributed by atoms with Crippen molar-refractivity contribution < 1.29 is 13.9 Å². The van der Waals surface area contributed by atoms with E-state index in [1.807, 2.05) is 60.6 Å². The van der Waals surface area contributed by atoms with Crippen LogP contribution in [0.4, 0.5) is 21.8 Å². The molecule has 1 aliphatic heterocycles. The number of thiophene rings is 1. The molecule has 186 valence electrons. The minimum Gasteiger partial charge on any atom is -0.485 e. The van der Waals surface area contributed by atoms with E-state index in [0.717, 1.165) is 10.6 Å². The first kappa shape index (κ1) is 24.9. The van der Waals surface area contributed by atoms with Crippen molar-refractivity contribution in [3.8, 4) is 5.75 Å². The summed E-state index contributed by atoms with van der Waals surface area (Å²) in [6.07, 6.45) is 2.13. The van der Waals surface area contributed by atoms with Gasteiger partial charge in [0.1, 0.15) is 29.9 Å². The van der Waals surface area contributed by atoms with Crippen LogP contribution in [0.2, 0.25) is 0 Å². The van der Waals surface area contributed by atoms with Gasteiger partial charge in [-0.05, 0) is 37.0 Å². The summed E-state index contributed by atoms with van der Waals surface area (Å²) in [5.41, 5.74) is 1.22. The maximum Gasteiger partial charge on any atom is 0.263 e. The highest BCUT2D eigenvalue weighted by atomic mass is 32.1. The molecule has 4 rings (SSSR count). The predicted molar refractivity (Wildman–Crippen MR) is 139 cm³/mol. The van der Waals surface area contributed by atoms with E-state index in [0.29, 0.717) is 62.2 Å². The zero-order valence-electron chi connectivity index (χ0n) is 20.0. The third-order valence-corrected chi connectivity index (χ3v) is 6.69. The number of carbonyl (C=O) groups is 1. The van der Waals surface area contributed by atoms with Gasteiger partial charge in [0.2, 0.25) is 5.95 Å². The Labute approximate surface area is 209 Å². The maximum absolute atomic E-state index is 13.5. The molecule has 0 aliphatic carbocycles. The van der Waals surface area contributed by atoms with Crippen LogP contribution in [0, 0.1) is 0 Å². The first-order valence-electron chi connectivity index (χ1n) is 11.8. The van der Waals surface area contributed by atoms with E-state index < -0.39 is 6.67 Å². The Balaban J connectivity index is 1.55. The van der Waals surface area contributed by atoms with Crippen LogP contribution < -0.4 is 25.2 Å². The highest BCUT2D eigenvalue weighted by Gasteiger charge is 2.28. The smallest absolute Gasteiger partial charge is 0.263 e. The summed E-state index contributed by atoms with van der Waals surface area (Å²) >= 11 is 1.63. The molecular weight excluding hydrogens is 467 g/mol. The number of alkyl halides is 1. The van der Waals surface area contributed by atoms with Gasteiger partial charge in [0.25, 0.3) is 5.91 Å². The molecule has 0 radical (unpaired) electrons. The van der Waals surface area contributed by atoms with Gasteiger partial charge in [-0.25, -0.2) is 9.37 Å². The number of anilines is 3. The van der Waals surface area contributed by atoms with Crippen LogP contribution in [0.3, 0.4) is 0 Å². The van der Waals surface area contributed by atoms with Gasteiger partial charge >= 0.3 is 0 Å². The van der Waals surface area contributed by atoms with Crippen LogP contribution in [-0.4, -0.2) is 62.3 Å². The molecule has 0 bridgehead atoms. The Morgan fingerprint density at radius 2 is 2.11 bits per heavy atom. The number of fused-ring (bicyclic) bond motifs is 1. The third-order valence-electron chi connectivity index (χ3n) is 5.72. The Morgan fingerprint density at radius 3 is 2.89 bits per heavy atom. The zero-order valence-corrected chi connectivity index (χ0v) is 20.9. The van der Waals surface area contributed by atoms with E-state index in [-0.39, 0.29) is 12.0 Å². The molecule has 2 aromatic heterocycles. The number of halogens is 1. The van der Waals surface area contributed by atoms with E-state index in [9.17, 15) is 9.18 Å². The SMILES string of the molecule is CCNc1ncc2c(n1)N(C)CCN(c1cccc(OC(CCNCCF)c3cccs3)c1)C2=O. The number of rotatable bonds is 11. The summed E-state index contributed by atoms with van der Waals surface area (Å²) in [6.45, 7) is 4.40. The minimum absolute atomic E-state index is 0.144. The Hall–Kier alpha value is -3.24. The van der Waals surface area contributed by atoms with E-state index in [1.165, 1.54) is 0 Å². The van der Waals surface area contributed by atoms with Gasteiger partial charge in [-0.3, -0.25) is 4.79 Å². The molecule has 8 nitrogen and oxygen atoms in total. The fourth-order valence-corrected chi connectivity index (χ4v) is 4.74. The maximum atomic E-state index is 13.5. The summed E-state index contributed by atoms with van der Waals surface area (Å²) in [5, 5.41) is 8.21. The van der Waals surface area contributed by atoms with Gasteiger partial charge in [-0.2, -0.15) is 4.98 Å². The molecule has 0 spiro atoms. The van der Waals surface area contributed by atoms with Crippen molar-refractivity contribution in [1.82, 2.24) is 15.3 Å². The second-order valence-electron chi connectivity index (χ2n) is 8.19. The van der Waals surface area contributed by atoms with Crippen LogP contribution in [0.5, 0.6) is 5.75 Å². The number of carbonyl (C=O) groups excluding carboxylic acids is 1. The summed E-state index contributed by atoms with van der Waals surface area (Å²) in [5.74, 6) is 1.66. The van der Waals surface area contributed by atoms with Crippen LogP contribution in [-0.2, 0) is 0 Å². The van der Waals surface area contributed by atoms with Crippen molar-refractivity contribution in [2.45, 2.75) is 19.4 Å². The van der Waals surface area contributed by atoms with Gasteiger partial charge in [0.05, 0.1) is 0 Å². The first-order chi connectivity index (χ1) is 17.1. The molecule has 2 N–H and O–H groups in total. The van der Waals surface area contributed by atoms with Crippen molar-refractivity contribution in [3.05, 3.63) is 58.4 Å². The minimum atomic E-state index is -0.393. The molecule has 1 aliphatic rings. The van der Waals surface area contributed by atoms with Gasteiger partial charge in [-0.1, -0.05) is 12.1 Å². The number of amides is 1. The number of hydrogen-bond acceptors (Lipinski definition) is 8. The van der Waals surface area contributed by atoms with Crippen molar-refractivity contribution in [2.75, 3.05) is 61.6 Å². The summed E-state index contributed by atoms with van der Waals surface area (Å²) in [4.78, 5) is 27.2. The molecule has 3 aromatic rings. The molecule has 3 heterocycles. The summed E-state index contributed by atoms with van der Waals surface area (Å²) in [6, 6.07) is 11.6. The molecule has 1 atom stereocenters. The molecule has 1 amide bonds. The van der Waals surface area contributed by atoms with Crippen LogP contribution in [0.1, 0.15) is 34.7 Å². The molecule has 0 saturated heterocycles. The highest BCUT2D eigenvalue weighted by Crippen LogP contribution is 2.32. The van der Waals surface area contributed by atoms with Gasteiger partial charge in [0.15, 0.2) is 0 Å². The molecule has 0 fully saturated rings. The average Bonchev–Trinajstić information content (AvgIpc) is 3.37. The first-order valence-corrected chi connectivity index (χ1v) is 12.7. The Bertz CT molecular complexity index is 1110. The number of aromatic nitrogens is 2. The van der Waals surface area contributed by atoms with Crippen molar-refractivity contribution in [2.24, 2.45) is 0 Å². The number of likely N-dealkylation sites (N-methyl/N-ethyl adjacent to an activating group) is 1. The van der Waals surface area contributed by atoms with Crippen molar-refractivity contribution in [1.29, 1.82) is 0 Å². The number of hydrogen-bond donors (Lipinski definition) is 2. The van der Waals surface area contributed by atoms with Gasteiger partial charge in [0, 0.05) is 62.5 Å². The molecule has 1 unspecified atom stereocenters. The van der Waals surface area contributed by atoms with Crippen molar-refractivity contribution in [3.63, 3.8) is 0 Å².